The molecule has 0 radical (unpaired) electrons. The maximum Gasteiger partial charge on any atom is 0.291 e. The van der Waals surface area contributed by atoms with Crippen LogP contribution >= 0.6 is 12.4 Å². The number of carbonyl (C=O) groups is 2. The Bertz CT molecular complexity index is 958. The van der Waals surface area contributed by atoms with Gasteiger partial charge in [-0.2, -0.15) is 8.78 Å². The molecule has 2 fully saturated rings. The summed E-state index contributed by atoms with van der Waals surface area (Å²) < 4.78 is 29.5. The van der Waals surface area contributed by atoms with Gasteiger partial charge in [-0.25, -0.2) is 0 Å². The van der Waals surface area contributed by atoms with Gasteiger partial charge in [0.2, 0.25) is 11.8 Å². The van der Waals surface area contributed by atoms with Crippen molar-refractivity contribution >= 4 is 29.9 Å². The molecule has 10 heteroatoms. The standard InChI is InChI=1S/C25H37F2N5O2.ClH/c1-16(2)25(26,27)21-9-20-19(11-29-21)24(4,5)15-32(20)23(34)14-31-12-17(3)28-10-18(31)13-30-8-6-7-22(30)33;/h9,11,16-18,28H,6-8,10,12-15H2,1-5H3;1H/t17-,18-;/m1./s1. The zero-order valence-corrected chi connectivity index (χ0v) is 22.1. The summed E-state index contributed by atoms with van der Waals surface area (Å²) in [5.41, 5.74) is 0.687. The van der Waals surface area contributed by atoms with Gasteiger partial charge in [0, 0.05) is 74.3 Å². The maximum absolute atomic E-state index is 14.7. The van der Waals surface area contributed by atoms with Gasteiger partial charge >= 0.3 is 0 Å². The highest BCUT2D eigenvalue weighted by atomic mass is 35.5. The molecule has 2 amide bonds. The minimum atomic E-state index is -3.07. The van der Waals surface area contributed by atoms with Crippen molar-refractivity contribution in [2.75, 3.05) is 44.2 Å². The number of alkyl halides is 2. The fourth-order valence-electron chi connectivity index (χ4n) is 5.27. The Labute approximate surface area is 213 Å². The highest BCUT2D eigenvalue weighted by Gasteiger charge is 2.43. The number of halogens is 3. The molecule has 2 saturated heterocycles. The Morgan fingerprint density at radius 1 is 1.34 bits per heavy atom. The predicted octanol–water partition coefficient (Wildman–Crippen LogP) is 3.16. The molecule has 3 aliphatic rings. The molecule has 2 atom stereocenters. The van der Waals surface area contributed by atoms with E-state index in [2.05, 4.69) is 22.1 Å². The molecule has 0 aromatic carbocycles. The van der Waals surface area contributed by atoms with Crippen LogP contribution in [0, 0.1) is 5.92 Å². The number of pyridine rings is 1. The van der Waals surface area contributed by atoms with Crippen LogP contribution < -0.4 is 10.2 Å². The van der Waals surface area contributed by atoms with Crippen molar-refractivity contribution in [3.63, 3.8) is 0 Å². The van der Waals surface area contributed by atoms with Crippen molar-refractivity contribution in [2.45, 2.75) is 70.9 Å². The number of piperazine rings is 1. The molecule has 0 spiro atoms. The lowest BCUT2D eigenvalue weighted by atomic mass is 9.88. The minimum absolute atomic E-state index is 0. The number of likely N-dealkylation sites (tertiary alicyclic amines) is 1. The first-order valence-corrected chi connectivity index (χ1v) is 12.3. The Hall–Kier alpha value is -1.84. The average Bonchev–Trinajstić information content (AvgIpc) is 3.29. The Morgan fingerprint density at radius 2 is 2.06 bits per heavy atom. The number of hydrogen-bond donors (Lipinski definition) is 1. The zero-order valence-electron chi connectivity index (χ0n) is 21.3. The fourth-order valence-corrected chi connectivity index (χ4v) is 5.27. The SMILES string of the molecule is CC(C)C(F)(F)c1cc2c(cn1)C(C)(C)CN2C(=O)CN1C[C@@H](C)NC[C@@H]1CN1CCCC1=O.Cl. The number of nitrogens with one attached hydrogen (secondary N) is 1. The summed E-state index contributed by atoms with van der Waals surface area (Å²) in [6.07, 6.45) is 2.99. The summed E-state index contributed by atoms with van der Waals surface area (Å²) in [6.45, 7) is 12.4. The zero-order chi connectivity index (χ0) is 24.8. The van der Waals surface area contributed by atoms with Gasteiger partial charge < -0.3 is 15.1 Å². The van der Waals surface area contributed by atoms with E-state index in [4.69, 9.17) is 0 Å². The first-order chi connectivity index (χ1) is 15.9. The molecule has 1 aromatic heterocycles. The van der Waals surface area contributed by atoms with Crippen LogP contribution in [-0.4, -0.2) is 78.0 Å². The van der Waals surface area contributed by atoms with E-state index in [1.54, 1.807) is 4.90 Å². The van der Waals surface area contributed by atoms with Crippen LogP contribution in [0.2, 0.25) is 0 Å². The third kappa shape index (κ3) is 5.47. The molecule has 1 aromatic rings. The molecule has 0 unspecified atom stereocenters. The second-order valence-corrected chi connectivity index (χ2v) is 11.1. The van der Waals surface area contributed by atoms with Crippen molar-refractivity contribution in [3.8, 4) is 0 Å². The van der Waals surface area contributed by atoms with Crippen LogP contribution in [0.5, 0.6) is 0 Å². The summed E-state index contributed by atoms with van der Waals surface area (Å²) in [6, 6.07) is 1.67. The lowest BCUT2D eigenvalue weighted by molar-refractivity contribution is -0.128. The number of rotatable bonds is 6. The molecule has 1 N–H and O–H groups in total. The molecule has 35 heavy (non-hydrogen) atoms. The molecule has 0 saturated carbocycles. The van der Waals surface area contributed by atoms with E-state index in [0.29, 0.717) is 38.3 Å². The first kappa shape index (κ1) is 27.7. The largest absolute Gasteiger partial charge is 0.341 e. The number of anilines is 1. The molecule has 0 aliphatic carbocycles. The maximum atomic E-state index is 14.7. The topological polar surface area (TPSA) is 68.8 Å². The monoisotopic (exact) mass is 513 g/mol. The Kier molecular flexibility index (Phi) is 8.13. The van der Waals surface area contributed by atoms with E-state index in [9.17, 15) is 18.4 Å². The van der Waals surface area contributed by atoms with Gasteiger partial charge in [-0.1, -0.05) is 27.7 Å². The van der Waals surface area contributed by atoms with Crippen molar-refractivity contribution in [3.05, 3.63) is 23.5 Å². The number of carbonyl (C=O) groups excluding carboxylic acids is 2. The van der Waals surface area contributed by atoms with E-state index in [-0.39, 0.29) is 54.0 Å². The molecular formula is C25H38ClF2N5O2. The fraction of sp³-hybridized carbons (Fsp3) is 0.720. The van der Waals surface area contributed by atoms with Gasteiger partial charge in [-0.15, -0.1) is 12.4 Å². The highest BCUT2D eigenvalue weighted by Crippen LogP contribution is 2.43. The van der Waals surface area contributed by atoms with E-state index in [0.717, 1.165) is 18.5 Å². The summed E-state index contributed by atoms with van der Waals surface area (Å²) in [5.74, 6) is -3.90. The molecule has 196 valence electrons. The lowest BCUT2D eigenvalue weighted by Crippen LogP contribution is -2.60. The quantitative estimate of drug-likeness (QED) is 0.633. The summed E-state index contributed by atoms with van der Waals surface area (Å²) in [5, 5.41) is 3.46. The van der Waals surface area contributed by atoms with Gasteiger partial charge in [0.1, 0.15) is 5.69 Å². The number of amides is 2. The molecule has 7 nitrogen and oxygen atoms in total. The normalized spacial score (nSPS) is 24.6. The van der Waals surface area contributed by atoms with Gasteiger partial charge in [0.15, 0.2) is 0 Å². The second kappa shape index (κ2) is 10.3. The second-order valence-electron chi connectivity index (χ2n) is 11.1. The van der Waals surface area contributed by atoms with Crippen molar-refractivity contribution in [1.82, 2.24) is 20.1 Å². The number of fused-ring (bicyclic) bond motifs is 1. The average molecular weight is 514 g/mol. The van der Waals surface area contributed by atoms with Crippen LogP contribution in [0.25, 0.3) is 0 Å². The summed E-state index contributed by atoms with van der Waals surface area (Å²) >= 11 is 0. The Balaban J connectivity index is 0.00000342. The van der Waals surface area contributed by atoms with Crippen LogP contribution in [-0.2, 0) is 20.9 Å². The number of nitrogens with zero attached hydrogens (tertiary/aromatic N) is 4. The highest BCUT2D eigenvalue weighted by molar-refractivity contribution is 5.97. The summed E-state index contributed by atoms with van der Waals surface area (Å²) in [4.78, 5) is 35.5. The van der Waals surface area contributed by atoms with Gasteiger partial charge in [-0.3, -0.25) is 19.5 Å². The van der Waals surface area contributed by atoms with E-state index in [1.807, 2.05) is 18.7 Å². The predicted molar refractivity (Wildman–Crippen MR) is 134 cm³/mol. The molecule has 0 bridgehead atoms. The number of aromatic nitrogens is 1. The smallest absolute Gasteiger partial charge is 0.291 e. The minimum Gasteiger partial charge on any atom is -0.341 e. The van der Waals surface area contributed by atoms with Gasteiger partial charge in [0.25, 0.3) is 5.92 Å². The molecule has 4 rings (SSSR count). The van der Waals surface area contributed by atoms with Crippen LogP contribution in [0.1, 0.15) is 58.7 Å². The van der Waals surface area contributed by atoms with Crippen LogP contribution in [0.15, 0.2) is 12.3 Å². The first-order valence-electron chi connectivity index (χ1n) is 12.3. The van der Waals surface area contributed by atoms with Gasteiger partial charge in [0.05, 0.1) is 12.2 Å². The molecule has 3 aliphatic heterocycles. The van der Waals surface area contributed by atoms with Crippen LogP contribution in [0.3, 0.4) is 0 Å². The third-order valence-electron chi connectivity index (χ3n) is 7.49. The molecule has 4 heterocycles. The van der Waals surface area contributed by atoms with E-state index in [1.165, 1.54) is 26.1 Å². The van der Waals surface area contributed by atoms with Crippen molar-refractivity contribution in [2.24, 2.45) is 5.92 Å². The van der Waals surface area contributed by atoms with Crippen molar-refractivity contribution < 1.29 is 18.4 Å². The Morgan fingerprint density at radius 3 is 2.69 bits per heavy atom. The summed E-state index contributed by atoms with van der Waals surface area (Å²) in [7, 11) is 0. The number of hydrogen-bond acceptors (Lipinski definition) is 5. The lowest BCUT2D eigenvalue weighted by Gasteiger charge is -2.41. The van der Waals surface area contributed by atoms with Crippen molar-refractivity contribution in [1.29, 1.82) is 0 Å². The van der Waals surface area contributed by atoms with E-state index < -0.39 is 11.8 Å². The van der Waals surface area contributed by atoms with Crippen LogP contribution in [0.4, 0.5) is 14.5 Å². The van der Waals surface area contributed by atoms with E-state index >= 15 is 0 Å². The van der Waals surface area contributed by atoms with Gasteiger partial charge in [-0.05, 0) is 19.4 Å². The third-order valence-corrected chi connectivity index (χ3v) is 7.49. The molecular weight excluding hydrogens is 476 g/mol.